The Hall–Kier alpha value is -2.15. The second-order valence-electron chi connectivity index (χ2n) is 3.95. The summed E-state index contributed by atoms with van der Waals surface area (Å²) in [5.74, 6) is 2.81. The van der Waals surface area contributed by atoms with Crippen LogP contribution in [0.25, 0.3) is 0 Å². The van der Waals surface area contributed by atoms with Crippen molar-refractivity contribution >= 4 is 11.6 Å². The molecule has 0 aliphatic heterocycles. The fraction of sp³-hybridized carbons (Fsp3) is 0.357. The summed E-state index contributed by atoms with van der Waals surface area (Å²) >= 11 is 0. The molecule has 0 aliphatic carbocycles. The average Bonchev–Trinajstić information content (AvgIpc) is 2.37. The van der Waals surface area contributed by atoms with Crippen LogP contribution in [0.3, 0.4) is 0 Å². The molecular formula is C14H18N2O2. The van der Waals surface area contributed by atoms with Gasteiger partial charge >= 0.3 is 0 Å². The number of anilines is 1. The minimum absolute atomic E-state index is 0.0234. The lowest BCUT2D eigenvalue weighted by Crippen LogP contribution is -2.34. The fourth-order valence-corrected chi connectivity index (χ4v) is 1.60. The van der Waals surface area contributed by atoms with E-state index in [0.717, 1.165) is 6.42 Å². The summed E-state index contributed by atoms with van der Waals surface area (Å²) in [5.41, 5.74) is 6.66. The van der Waals surface area contributed by atoms with Crippen LogP contribution in [-0.2, 0) is 0 Å². The van der Waals surface area contributed by atoms with E-state index in [9.17, 15) is 4.79 Å². The van der Waals surface area contributed by atoms with E-state index in [1.165, 1.54) is 7.11 Å². The number of terminal acetylenes is 1. The molecular weight excluding hydrogens is 228 g/mol. The number of nitrogens with one attached hydrogen (secondary N) is 1. The molecule has 1 amide bonds. The van der Waals surface area contributed by atoms with E-state index in [0.29, 0.717) is 23.4 Å². The lowest BCUT2D eigenvalue weighted by Gasteiger charge is -2.15. The maximum atomic E-state index is 12.1. The zero-order valence-electron chi connectivity index (χ0n) is 10.7. The molecule has 1 unspecified atom stereocenters. The number of ether oxygens (including phenoxy) is 1. The molecule has 18 heavy (non-hydrogen) atoms. The van der Waals surface area contributed by atoms with Crippen molar-refractivity contribution in [2.45, 2.75) is 25.8 Å². The van der Waals surface area contributed by atoms with Gasteiger partial charge in [-0.15, -0.1) is 12.3 Å². The van der Waals surface area contributed by atoms with Gasteiger partial charge in [-0.3, -0.25) is 4.79 Å². The molecule has 96 valence electrons. The van der Waals surface area contributed by atoms with Gasteiger partial charge in [0, 0.05) is 24.2 Å². The van der Waals surface area contributed by atoms with Gasteiger partial charge in [-0.2, -0.15) is 0 Å². The van der Waals surface area contributed by atoms with E-state index in [1.54, 1.807) is 18.2 Å². The average molecular weight is 246 g/mol. The predicted molar refractivity (Wildman–Crippen MR) is 72.4 cm³/mol. The number of nitrogen functional groups attached to an aromatic ring is 1. The Bertz CT molecular complexity index is 463. The van der Waals surface area contributed by atoms with Gasteiger partial charge in [0.25, 0.3) is 5.91 Å². The summed E-state index contributed by atoms with van der Waals surface area (Å²) in [4.78, 5) is 12.1. The maximum Gasteiger partial charge on any atom is 0.255 e. The number of methoxy groups -OCH3 is 1. The lowest BCUT2D eigenvalue weighted by atomic mass is 10.1. The van der Waals surface area contributed by atoms with Crippen LogP contribution in [0, 0.1) is 12.3 Å². The standard InChI is InChI=1S/C14H18N2O2/c1-4-6-11(5-2)16-14(17)12-8-7-10(15)9-13(12)18-3/h1,7-9,11H,5-6,15H2,2-3H3,(H,16,17). The SMILES string of the molecule is C#CCC(CC)NC(=O)c1ccc(N)cc1OC. The zero-order valence-corrected chi connectivity index (χ0v) is 10.7. The van der Waals surface area contributed by atoms with E-state index in [1.807, 2.05) is 6.92 Å². The molecule has 1 aromatic rings. The van der Waals surface area contributed by atoms with Crippen LogP contribution in [0.4, 0.5) is 5.69 Å². The predicted octanol–water partition coefficient (Wildman–Crippen LogP) is 1.81. The van der Waals surface area contributed by atoms with E-state index in [4.69, 9.17) is 16.9 Å². The summed E-state index contributed by atoms with van der Waals surface area (Å²) in [5, 5.41) is 2.88. The highest BCUT2D eigenvalue weighted by Crippen LogP contribution is 2.21. The molecule has 0 heterocycles. The van der Waals surface area contributed by atoms with Gasteiger partial charge in [0.1, 0.15) is 5.75 Å². The number of nitrogens with two attached hydrogens (primary N) is 1. The molecule has 0 aliphatic rings. The van der Waals surface area contributed by atoms with Crippen molar-refractivity contribution in [3.63, 3.8) is 0 Å². The van der Waals surface area contributed by atoms with Gasteiger partial charge in [-0.25, -0.2) is 0 Å². The Morgan fingerprint density at radius 2 is 2.33 bits per heavy atom. The molecule has 0 bridgehead atoms. The van der Waals surface area contributed by atoms with Gasteiger partial charge in [-0.05, 0) is 18.6 Å². The highest BCUT2D eigenvalue weighted by Gasteiger charge is 2.15. The fourth-order valence-electron chi connectivity index (χ4n) is 1.60. The van der Waals surface area contributed by atoms with E-state index >= 15 is 0 Å². The first-order chi connectivity index (χ1) is 8.62. The van der Waals surface area contributed by atoms with Crippen LogP contribution < -0.4 is 15.8 Å². The molecule has 0 fully saturated rings. The van der Waals surface area contributed by atoms with E-state index in [-0.39, 0.29) is 11.9 Å². The van der Waals surface area contributed by atoms with Crippen LogP contribution in [0.2, 0.25) is 0 Å². The summed E-state index contributed by atoms with van der Waals surface area (Å²) in [6.45, 7) is 1.97. The number of carbonyl (C=O) groups is 1. The van der Waals surface area contributed by atoms with Crippen molar-refractivity contribution in [2.24, 2.45) is 0 Å². The summed E-state index contributed by atoms with van der Waals surface area (Å²) in [6.07, 6.45) is 6.55. The molecule has 4 nitrogen and oxygen atoms in total. The molecule has 1 atom stereocenters. The zero-order chi connectivity index (χ0) is 13.5. The molecule has 3 N–H and O–H groups in total. The number of benzene rings is 1. The molecule has 0 spiro atoms. The van der Waals surface area contributed by atoms with Crippen LogP contribution in [0.5, 0.6) is 5.75 Å². The van der Waals surface area contributed by atoms with E-state index < -0.39 is 0 Å². The van der Waals surface area contributed by atoms with Crippen molar-refractivity contribution in [2.75, 3.05) is 12.8 Å². The third kappa shape index (κ3) is 3.42. The van der Waals surface area contributed by atoms with Gasteiger partial charge in [0.2, 0.25) is 0 Å². The first kappa shape index (κ1) is 13.9. The Balaban J connectivity index is 2.87. The van der Waals surface area contributed by atoms with Crippen molar-refractivity contribution in [3.05, 3.63) is 23.8 Å². The van der Waals surface area contributed by atoms with Gasteiger partial charge in [0.15, 0.2) is 0 Å². The second kappa shape index (κ2) is 6.55. The molecule has 0 aromatic heterocycles. The van der Waals surface area contributed by atoms with Crippen molar-refractivity contribution in [3.8, 4) is 18.1 Å². The third-order valence-electron chi connectivity index (χ3n) is 2.66. The Morgan fingerprint density at radius 3 is 2.89 bits per heavy atom. The second-order valence-corrected chi connectivity index (χ2v) is 3.95. The van der Waals surface area contributed by atoms with Gasteiger partial charge < -0.3 is 15.8 Å². The van der Waals surface area contributed by atoms with E-state index in [2.05, 4.69) is 11.2 Å². The Labute approximate surface area is 108 Å². The van der Waals surface area contributed by atoms with Gasteiger partial charge in [0.05, 0.1) is 12.7 Å². The minimum atomic E-state index is -0.200. The molecule has 0 saturated heterocycles. The van der Waals surface area contributed by atoms with Crippen molar-refractivity contribution in [1.82, 2.24) is 5.32 Å². The normalized spacial score (nSPS) is 11.4. The quantitative estimate of drug-likeness (QED) is 0.615. The van der Waals surface area contributed by atoms with Crippen molar-refractivity contribution in [1.29, 1.82) is 0 Å². The number of hydrogen-bond acceptors (Lipinski definition) is 3. The number of carbonyl (C=O) groups excluding carboxylic acids is 1. The first-order valence-electron chi connectivity index (χ1n) is 5.80. The topological polar surface area (TPSA) is 64.4 Å². The molecule has 4 heteroatoms. The lowest BCUT2D eigenvalue weighted by molar-refractivity contribution is 0.0933. The van der Waals surface area contributed by atoms with Crippen LogP contribution in [0.15, 0.2) is 18.2 Å². The Kier molecular flexibility index (Phi) is 5.06. The van der Waals surface area contributed by atoms with Crippen LogP contribution in [-0.4, -0.2) is 19.1 Å². The highest BCUT2D eigenvalue weighted by atomic mass is 16.5. The Morgan fingerprint density at radius 1 is 1.61 bits per heavy atom. The number of amides is 1. The molecule has 0 saturated carbocycles. The minimum Gasteiger partial charge on any atom is -0.496 e. The molecule has 1 rings (SSSR count). The smallest absolute Gasteiger partial charge is 0.255 e. The maximum absolute atomic E-state index is 12.1. The summed E-state index contributed by atoms with van der Waals surface area (Å²) < 4.78 is 5.14. The van der Waals surface area contributed by atoms with Crippen LogP contribution in [0.1, 0.15) is 30.1 Å². The molecule has 0 radical (unpaired) electrons. The monoisotopic (exact) mass is 246 g/mol. The third-order valence-corrected chi connectivity index (χ3v) is 2.66. The molecule has 1 aromatic carbocycles. The van der Waals surface area contributed by atoms with Gasteiger partial charge in [-0.1, -0.05) is 6.92 Å². The van der Waals surface area contributed by atoms with Crippen LogP contribution >= 0.6 is 0 Å². The number of hydrogen-bond donors (Lipinski definition) is 2. The summed E-state index contributed by atoms with van der Waals surface area (Å²) in [7, 11) is 1.50. The largest absolute Gasteiger partial charge is 0.496 e. The first-order valence-corrected chi connectivity index (χ1v) is 5.80. The highest BCUT2D eigenvalue weighted by molar-refractivity contribution is 5.97. The van der Waals surface area contributed by atoms with Crippen molar-refractivity contribution < 1.29 is 9.53 Å². The summed E-state index contributed by atoms with van der Waals surface area (Å²) in [6, 6.07) is 4.91. The number of rotatable bonds is 5.